The second-order valence-corrected chi connectivity index (χ2v) is 8.32. The van der Waals surface area contributed by atoms with Crippen LogP contribution in [0.1, 0.15) is 46.6 Å². The molecule has 1 aromatic rings. The van der Waals surface area contributed by atoms with E-state index in [1.54, 1.807) is 25.7 Å². The minimum absolute atomic E-state index is 0.0750. The quantitative estimate of drug-likeness (QED) is 0.635. The summed E-state index contributed by atoms with van der Waals surface area (Å²) in [7, 11) is 0. The van der Waals surface area contributed by atoms with Crippen molar-refractivity contribution in [3.63, 3.8) is 0 Å². The van der Waals surface area contributed by atoms with Gasteiger partial charge in [-0.3, -0.25) is 14.5 Å². The van der Waals surface area contributed by atoms with Gasteiger partial charge < -0.3 is 15.2 Å². The fraction of sp³-hybridized carbons (Fsp3) is 0.571. The highest BCUT2D eigenvalue weighted by Gasteiger charge is 2.27. The van der Waals surface area contributed by atoms with E-state index in [1.807, 2.05) is 44.2 Å². The average Bonchev–Trinajstić information content (AvgIpc) is 2.52. The van der Waals surface area contributed by atoms with Crippen molar-refractivity contribution in [1.82, 2.24) is 10.2 Å². The van der Waals surface area contributed by atoms with Crippen LogP contribution in [0.2, 0.25) is 0 Å². The Labute approximate surface area is 167 Å². The van der Waals surface area contributed by atoms with Gasteiger partial charge >= 0.3 is 12.1 Å². The zero-order valence-electron chi connectivity index (χ0n) is 17.4. The molecule has 1 aromatic carbocycles. The van der Waals surface area contributed by atoms with E-state index in [-0.39, 0.29) is 24.8 Å². The van der Waals surface area contributed by atoms with E-state index >= 15 is 0 Å². The molecule has 1 unspecified atom stereocenters. The van der Waals surface area contributed by atoms with Crippen molar-refractivity contribution in [2.45, 2.75) is 59.2 Å². The van der Waals surface area contributed by atoms with Gasteiger partial charge in [0.1, 0.15) is 5.60 Å². The van der Waals surface area contributed by atoms with Crippen molar-refractivity contribution in [2.24, 2.45) is 5.92 Å². The Morgan fingerprint density at radius 1 is 1.11 bits per heavy atom. The van der Waals surface area contributed by atoms with Gasteiger partial charge in [-0.25, -0.2) is 4.79 Å². The smallest absolute Gasteiger partial charge is 0.408 e. The predicted molar refractivity (Wildman–Crippen MR) is 107 cm³/mol. The number of Topliss-reactive ketones (excluding diaryl/α,β-unsaturated/α-hetero) is 1. The molecule has 0 fully saturated rings. The molecule has 0 aliphatic rings. The highest BCUT2D eigenvalue weighted by atomic mass is 16.6. The largest absolute Gasteiger partial charge is 0.480 e. The molecule has 0 radical (unpaired) electrons. The van der Waals surface area contributed by atoms with E-state index in [0.717, 1.165) is 5.56 Å². The van der Waals surface area contributed by atoms with Crippen molar-refractivity contribution in [1.29, 1.82) is 0 Å². The van der Waals surface area contributed by atoms with Gasteiger partial charge in [-0.05, 0) is 38.7 Å². The molecule has 28 heavy (non-hydrogen) atoms. The van der Waals surface area contributed by atoms with Crippen LogP contribution in [0.3, 0.4) is 0 Å². The van der Waals surface area contributed by atoms with Crippen LogP contribution in [0.25, 0.3) is 0 Å². The Morgan fingerprint density at radius 3 is 2.21 bits per heavy atom. The number of ketones is 1. The molecule has 2 N–H and O–H groups in total. The summed E-state index contributed by atoms with van der Waals surface area (Å²) in [6, 6.07) is 8.62. The summed E-state index contributed by atoms with van der Waals surface area (Å²) in [6.07, 6.45) is -0.205. The van der Waals surface area contributed by atoms with E-state index in [1.165, 1.54) is 0 Å². The van der Waals surface area contributed by atoms with Gasteiger partial charge in [0, 0.05) is 6.54 Å². The Kier molecular flexibility index (Phi) is 9.12. The third-order valence-corrected chi connectivity index (χ3v) is 3.77. The van der Waals surface area contributed by atoms with Crippen molar-refractivity contribution in [3.05, 3.63) is 35.9 Å². The fourth-order valence-electron chi connectivity index (χ4n) is 2.72. The minimum atomic E-state index is -1.01. The molecule has 7 heteroatoms. The molecule has 0 aliphatic carbocycles. The highest BCUT2D eigenvalue weighted by Crippen LogP contribution is 2.12. The van der Waals surface area contributed by atoms with Crippen molar-refractivity contribution >= 4 is 17.8 Å². The number of ether oxygens (including phenoxy) is 1. The number of nitrogens with one attached hydrogen (secondary N) is 1. The van der Waals surface area contributed by atoms with Crippen LogP contribution >= 0.6 is 0 Å². The molecule has 156 valence electrons. The molecule has 1 atom stereocenters. The number of nitrogens with zero attached hydrogens (tertiary/aromatic N) is 1. The van der Waals surface area contributed by atoms with Crippen LogP contribution in [-0.4, -0.2) is 52.6 Å². The van der Waals surface area contributed by atoms with Gasteiger partial charge in [-0.1, -0.05) is 44.2 Å². The Hall–Kier alpha value is -2.41. The molecular formula is C21H32N2O5. The van der Waals surface area contributed by atoms with Gasteiger partial charge in [0.15, 0.2) is 5.78 Å². The number of amides is 1. The molecule has 0 spiro atoms. The Balaban J connectivity index is 2.85. The van der Waals surface area contributed by atoms with Crippen molar-refractivity contribution < 1.29 is 24.2 Å². The molecule has 1 rings (SSSR count). The third-order valence-electron chi connectivity index (χ3n) is 3.77. The number of carboxylic acid groups (broad SMARTS) is 1. The first kappa shape index (κ1) is 23.6. The topological polar surface area (TPSA) is 95.9 Å². The lowest BCUT2D eigenvalue weighted by atomic mass is 10.00. The highest BCUT2D eigenvalue weighted by molar-refractivity contribution is 5.89. The number of carbonyl (C=O) groups is 3. The lowest BCUT2D eigenvalue weighted by Crippen LogP contribution is -2.48. The first-order valence-electron chi connectivity index (χ1n) is 9.46. The first-order chi connectivity index (χ1) is 13.0. The number of aliphatic carboxylic acids is 1. The maximum absolute atomic E-state index is 12.9. The fourth-order valence-corrected chi connectivity index (χ4v) is 2.72. The molecule has 0 aromatic heterocycles. The second kappa shape index (κ2) is 10.8. The summed E-state index contributed by atoms with van der Waals surface area (Å²) < 4.78 is 5.26. The van der Waals surface area contributed by atoms with Crippen LogP contribution in [0.15, 0.2) is 30.3 Å². The van der Waals surface area contributed by atoms with E-state index in [4.69, 9.17) is 4.74 Å². The summed E-state index contributed by atoms with van der Waals surface area (Å²) in [5.41, 5.74) is 0.245. The van der Waals surface area contributed by atoms with Gasteiger partial charge in [0.05, 0.1) is 19.1 Å². The lowest BCUT2D eigenvalue weighted by Gasteiger charge is -2.26. The SMILES string of the molecule is CC(C)CC(NC(=O)OC(C)(C)C)C(=O)CN(CC(=O)O)Cc1ccccc1. The molecule has 0 saturated heterocycles. The van der Waals surface area contributed by atoms with Crippen LogP contribution in [-0.2, 0) is 20.9 Å². The summed E-state index contributed by atoms with van der Waals surface area (Å²) in [5.74, 6) is -1.08. The number of hydrogen-bond acceptors (Lipinski definition) is 5. The first-order valence-corrected chi connectivity index (χ1v) is 9.46. The molecule has 0 heterocycles. The van der Waals surface area contributed by atoms with Crippen LogP contribution < -0.4 is 5.32 Å². The number of carbonyl (C=O) groups excluding carboxylic acids is 2. The molecule has 0 bridgehead atoms. The van der Waals surface area contributed by atoms with Crippen LogP contribution in [0, 0.1) is 5.92 Å². The molecule has 7 nitrogen and oxygen atoms in total. The number of alkyl carbamates (subject to hydrolysis) is 1. The molecule has 0 aliphatic heterocycles. The Morgan fingerprint density at radius 2 is 1.71 bits per heavy atom. The summed E-state index contributed by atoms with van der Waals surface area (Å²) >= 11 is 0. The second-order valence-electron chi connectivity index (χ2n) is 8.32. The standard InChI is InChI=1S/C21H32N2O5/c1-15(2)11-17(22-20(27)28-21(3,4)5)18(24)13-23(14-19(25)26)12-16-9-7-6-8-10-16/h6-10,15,17H,11-14H2,1-5H3,(H,22,27)(H,25,26). The summed E-state index contributed by atoms with van der Waals surface area (Å²) in [6.45, 7) is 9.16. The summed E-state index contributed by atoms with van der Waals surface area (Å²) in [4.78, 5) is 37.8. The monoisotopic (exact) mass is 392 g/mol. The van der Waals surface area contributed by atoms with E-state index in [0.29, 0.717) is 13.0 Å². The molecular weight excluding hydrogens is 360 g/mol. The van der Waals surface area contributed by atoms with Crippen LogP contribution in [0.5, 0.6) is 0 Å². The molecule has 0 saturated carbocycles. The van der Waals surface area contributed by atoms with E-state index in [9.17, 15) is 19.5 Å². The predicted octanol–water partition coefficient (Wildman–Crippen LogP) is 3.08. The normalized spacial score (nSPS) is 12.7. The van der Waals surface area contributed by atoms with Gasteiger partial charge in [-0.2, -0.15) is 0 Å². The maximum Gasteiger partial charge on any atom is 0.408 e. The van der Waals surface area contributed by atoms with Crippen molar-refractivity contribution in [3.8, 4) is 0 Å². The minimum Gasteiger partial charge on any atom is -0.480 e. The third kappa shape index (κ3) is 10.1. The van der Waals surface area contributed by atoms with E-state index < -0.39 is 23.7 Å². The van der Waals surface area contributed by atoms with Gasteiger partial charge in [-0.15, -0.1) is 0 Å². The van der Waals surface area contributed by atoms with Crippen LogP contribution in [0.4, 0.5) is 4.79 Å². The Bertz CT molecular complexity index is 653. The number of carboxylic acids is 1. The zero-order chi connectivity index (χ0) is 21.3. The van der Waals surface area contributed by atoms with Crippen molar-refractivity contribution in [2.75, 3.05) is 13.1 Å². The molecule has 1 amide bonds. The number of hydrogen-bond donors (Lipinski definition) is 2. The number of rotatable bonds is 10. The summed E-state index contributed by atoms with van der Waals surface area (Å²) in [5, 5.41) is 11.8. The number of benzene rings is 1. The average molecular weight is 392 g/mol. The zero-order valence-corrected chi connectivity index (χ0v) is 17.4. The van der Waals surface area contributed by atoms with Gasteiger partial charge in [0.2, 0.25) is 0 Å². The van der Waals surface area contributed by atoms with E-state index in [2.05, 4.69) is 5.32 Å². The maximum atomic E-state index is 12.9. The lowest BCUT2D eigenvalue weighted by molar-refractivity contribution is -0.139. The van der Waals surface area contributed by atoms with Gasteiger partial charge in [0.25, 0.3) is 0 Å².